The van der Waals surface area contributed by atoms with Crippen molar-refractivity contribution in [2.75, 3.05) is 10.6 Å². The van der Waals surface area contributed by atoms with E-state index in [0.29, 0.717) is 6.07 Å². The summed E-state index contributed by atoms with van der Waals surface area (Å²) in [7, 11) is 0. The van der Waals surface area contributed by atoms with Crippen LogP contribution in [0.4, 0.5) is 42.1 Å². The average molecular weight is 660 g/mol. The lowest BCUT2D eigenvalue weighted by atomic mass is 9.94. The van der Waals surface area contributed by atoms with Gasteiger partial charge in [-0.1, -0.05) is 17.7 Å². The zero-order chi connectivity index (χ0) is 27.8. The van der Waals surface area contributed by atoms with E-state index in [1.54, 1.807) is 0 Å². The molecule has 3 rings (SSSR count). The molecule has 0 saturated carbocycles. The van der Waals surface area contributed by atoms with Gasteiger partial charge in [0.05, 0.1) is 16.8 Å². The van der Waals surface area contributed by atoms with Crippen LogP contribution in [0.3, 0.4) is 0 Å². The number of hydrogen-bond acceptors (Lipinski definition) is 3. The van der Waals surface area contributed by atoms with Gasteiger partial charge in [-0.2, -0.15) is 26.3 Å². The number of halogens is 9. The van der Waals surface area contributed by atoms with Crippen LogP contribution in [0, 0.1) is 3.57 Å². The first-order valence-electron chi connectivity index (χ1n) is 10.0. The third-order valence-corrected chi connectivity index (χ3v) is 6.25. The van der Waals surface area contributed by atoms with Crippen molar-refractivity contribution in [3.63, 3.8) is 0 Å². The Balaban J connectivity index is 1.93. The van der Waals surface area contributed by atoms with Gasteiger partial charge in [-0.3, -0.25) is 9.59 Å². The van der Waals surface area contributed by atoms with Crippen molar-refractivity contribution in [1.29, 1.82) is 0 Å². The number of carbonyl (C=O) groups is 2. The number of amides is 2. The number of hydrogen-bond donors (Lipinski definition) is 2. The molecule has 2 amide bonds. The summed E-state index contributed by atoms with van der Waals surface area (Å²) >= 11 is 7.15. The second kappa shape index (κ2) is 10.4. The van der Waals surface area contributed by atoms with Crippen LogP contribution >= 0.6 is 34.2 Å². The maximum Gasteiger partial charge on any atom is 0.426 e. The summed E-state index contributed by atoms with van der Waals surface area (Å²) in [4.78, 5) is 29.0. The zero-order valence-corrected chi connectivity index (χ0v) is 21.3. The summed E-state index contributed by atoms with van der Waals surface area (Å²) in [6, 6.07) is 8.59. The van der Waals surface area contributed by atoms with E-state index in [0.717, 1.165) is 6.07 Å². The van der Waals surface area contributed by atoms with Gasteiger partial charge in [0.15, 0.2) is 0 Å². The molecule has 2 N–H and O–H groups in total. The fourth-order valence-electron chi connectivity index (χ4n) is 3.07. The number of nitrogens with zero attached hydrogens (tertiary/aromatic N) is 1. The minimum absolute atomic E-state index is 0.0134. The highest BCUT2D eigenvalue weighted by atomic mass is 127. The Morgan fingerprint density at radius 2 is 1.59 bits per heavy atom. The zero-order valence-electron chi connectivity index (χ0n) is 18.4. The predicted octanol–water partition coefficient (Wildman–Crippen LogP) is 7.61. The number of benzene rings is 2. The number of pyridine rings is 1. The predicted molar refractivity (Wildman–Crippen MR) is 130 cm³/mol. The molecule has 0 bridgehead atoms. The summed E-state index contributed by atoms with van der Waals surface area (Å²) < 4.78 is 94.4. The lowest BCUT2D eigenvalue weighted by Gasteiger charge is -2.26. The average Bonchev–Trinajstić information content (AvgIpc) is 2.79. The van der Waals surface area contributed by atoms with E-state index in [1.807, 2.05) is 5.32 Å². The van der Waals surface area contributed by atoms with Crippen LogP contribution in [0.1, 0.15) is 38.8 Å². The summed E-state index contributed by atoms with van der Waals surface area (Å²) in [5.74, 6) is -1.73. The molecule has 0 aliphatic carbocycles. The van der Waals surface area contributed by atoms with Gasteiger partial charge in [-0.15, -0.1) is 0 Å². The van der Waals surface area contributed by atoms with E-state index >= 15 is 0 Å². The Morgan fingerprint density at radius 3 is 2.19 bits per heavy atom. The molecule has 1 heterocycles. The molecule has 3 aromatic rings. The van der Waals surface area contributed by atoms with Crippen molar-refractivity contribution in [3.05, 3.63) is 85.7 Å². The number of anilines is 2. The highest BCUT2D eigenvalue weighted by Gasteiger charge is 2.54. The van der Waals surface area contributed by atoms with Gasteiger partial charge >= 0.3 is 12.4 Å². The van der Waals surface area contributed by atoms with Gasteiger partial charge in [0.1, 0.15) is 5.15 Å². The summed E-state index contributed by atoms with van der Waals surface area (Å²) in [5.41, 5.74) is -7.91. The third kappa shape index (κ3) is 6.32. The van der Waals surface area contributed by atoms with Crippen molar-refractivity contribution in [2.45, 2.75) is 24.9 Å². The Kier molecular flexibility index (Phi) is 8.08. The van der Waals surface area contributed by atoms with Crippen LogP contribution in [-0.4, -0.2) is 23.0 Å². The monoisotopic (exact) mass is 659 g/mol. The molecule has 14 heteroatoms. The minimum atomic E-state index is -5.48. The van der Waals surface area contributed by atoms with E-state index in [4.69, 9.17) is 11.6 Å². The van der Waals surface area contributed by atoms with Gasteiger partial charge in [-0.05, 0) is 77.5 Å². The van der Waals surface area contributed by atoms with Gasteiger partial charge in [-0.25, -0.2) is 9.37 Å². The fraction of sp³-hybridized carbons (Fsp3) is 0.174. The summed E-state index contributed by atoms with van der Waals surface area (Å²) in [6.07, 6.45) is -9.34. The van der Waals surface area contributed by atoms with Crippen molar-refractivity contribution in [2.24, 2.45) is 0 Å². The normalized spacial score (nSPS) is 13.6. The van der Waals surface area contributed by atoms with Crippen LogP contribution in [-0.2, 0) is 11.8 Å². The second-order valence-electron chi connectivity index (χ2n) is 7.71. The van der Waals surface area contributed by atoms with Gasteiger partial charge in [0, 0.05) is 21.0 Å². The minimum Gasteiger partial charge on any atom is -0.322 e. The molecular formula is C23H14ClF7IN3O2. The summed E-state index contributed by atoms with van der Waals surface area (Å²) in [6.45, 7) is 0.106. The lowest BCUT2D eigenvalue weighted by Crippen LogP contribution is -2.35. The highest BCUT2D eigenvalue weighted by Crippen LogP contribution is 2.46. The first-order valence-corrected chi connectivity index (χ1v) is 11.5. The maximum atomic E-state index is 14.4. The fourth-order valence-corrected chi connectivity index (χ4v) is 4.04. The number of carbonyl (C=O) groups excluding carboxylic acids is 2. The van der Waals surface area contributed by atoms with Crippen LogP contribution in [0.2, 0.25) is 5.15 Å². The van der Waals surface area contributed by atoms with E-state index < -0.39 is 50.2 Å². The molecule has 0 radical (unpaired) electrons. The van der Waals surface area contributed by atoms with E-state index in [-0.39, 0.29) is 35.0 Å². The van der Waals surface area contributed by atoms with Crippen LogP contribution in [0.25, 0.3) is 0 Å². The smallest absolute Gasteiger partial charge is 0.322 e. The first-order chi connectivity index (χ1) is 17.0. The van der Waals surface area contributed by atoms with Gasteiger partial charge < -0.3 is 10.6 Å². The lowest BCUT2D eigenvalue weighted by molar-refractivity contribution is -0.228. The summed E-state index contributed by atoms with van der Waals surface area (Å²) in [5, 5.41) is 4.41. The molecule has 0 aliphatic rings. The van der Waals surface area contributed by atoms with Crippen LogP contribution in [0.5, 0.6) is 0 Å². The molecule has 37 heavy (non-hydrogen) atoms. The van der Waals surface area contributed by atoms with Crippen molar-refractivity contribution < 1.29 is 40.3 Å². The molecule has 0 aliphatic heterocycles. The molecule has 0 spiro atoms. The van der Waals surface area contributed by atoms with Gasteiger partial charge in [0.25, 0.3) is 11.8 Å². The molecule has 1 unspecified atom stereocenters. The Bertz CT molecular complexity index is 1360. The van der Waals surface area contributed by atoms with E-state index in [2.05, 4.69) is 10.3 Å². The molecule has 196 valence electrons. The van der Waals surface area contributed by atoms with Gasteiger partial charge in [0.2, 0.25) is 5.67 Å². The quantitative estimate of drug-likeness (QED) is 0.168. The van der Waals surface area contributed by atoms with Crippen molar-refractivity contribution >= 4 is 57.4 Å². The maximum absolute atomic E-state index is 14.4. The van der Waals surface area contributed by atoms with Crippen molar-refractivity contribution in [1.82, 2.24) is 4.98 Å². The van der Waals surface area contributed by atoms with E-state index in [9.17, 15) is 40.3 Å². The van der Waals surface area contributed by atoms with Crippen LogP contribution in [0.15, 0.2) is 54.7 Å². The molecule has 1 aromatic heterocycles. The largest absolute Gasteiger partial charge is 0.426 e. The van der Waals surface area contributed by atoms with Crippen molar-refractivity contribution in [3.8, 4) is 0 Å². The number of alkyl halides is 7. The topological polar surface area (TPSA) is 71.1 Å². The Morgan fingerprint density at radius 1 is 0.919 bits per heavy atom. The Labute approximate surface area is 223 Å². The molecule has 2 aromatic carbocycles. The SMILES string of the molecule is CC(F)(c1cc(I)c(NC(=O)c2cccc(NC(=O)c3cccnc3Cl)c2)c(C(F)(F)F)c1)C(F)(F)F. The first kappa shape index (κ1) is 28.6. The highest BCUT2D eigenvalue weighted by molar-refractivity contribution is 14.1. The molecule has 5 nitrogen and oxygen atoms in total. The van der Waals surface area contributed by atoms with E-state index in [1.165, 1.54) is 59.1 Å². The molecule has 0 fully saturated rings. The number of aromatic nitrogens is 1. The Hall–Kier alpha value is -2.94. The standard InChI is InChI=1S/C23H14ClF7IN3O2/c1-21(25,23(29,30)31)12-9-15(22(26,27)28)17(16(32)10-12)35-19(36)11-4-2-5-13(8-11)34-20(37)14-6-3-7-33-18(14)24/h2-10H,1H3,(H,34,37)(H,35,36). The number of nitrogens with one attached hydrogen (secondary N) is 2. The second-order valence-corrected chi connectivity index (χ2v) is 9.23. The third-order valence-electron chi connectivity index (χ3n) is 5.09. The molecular weight excluding hydrogens is 646 g/mol. The van der Waals surface area contributed by atoms with Crippen LogP contribution < -0.4 is 10.6 Å². The molecule has 1 atom stereocenters. The molecule has 0 saturated heterocycles. The number of rotatable bonds is 5.